The molecule has 3 aromatic carbocycles. The molecule has 0 bridgehead atoms. The van der Waals surface area contributed by atoms with Gasteiger partial charge < -0.3 is 15.2 Å². The lowest BCUT2D eigenvalue weighted by molar-refractivity contribution is 0.174. The quantitative estimate of drug-likeness (QED) is 0.545. The van der Waals surface area contributed by atoms with Crippen LogP contribution >= 0.6 is 24.0 Å². The fourth-order valence-corrected chi connectivity index (χ4v) is 2.72. The molecular formula is C22H23Cl2NO2. The molecule has 3 nitrogen and oxygen atoms in total. The van der Waals surface area contributed by atoms with Crippen molar-refractivity contribution < 1.29 is 9.84 Å². The third kappa shape index (κ3) is 6.89. The van der Waals surface area contributed by atoms with Crippen molar-refractivity contribution in [3.63, 3.8) is 0 Å². The molecule has 0 radical (unpaired) electrons. The van der Waals surface area contributed by atoms with E-state index in [1.807, 2.05) is 78.9 Å². The molecule has 0 saturated carbocycles. The maximum absolute atomic E-state index is 10.1. The molecule has 0 heterocycles. The summed E-state index contributed by atoms with van der Waals surface area (Å²) in [6, 6.07) is 25.3. The van der Waals surface area contributed by atoms with Crippen molar-refractivity contribution in [3.8, 4) is 5.75 Å². The van der Waals surface area contributed by atoms with Crippen LogP contribution in [-0.4, -0.2) is 11.7 Å². The Morgan fingerprint density at radius 1 is 0.852 bits per heavy atom. The van der Waals surface area contributed by atoms with Crippen molar-refractivity contribution >= 4 is 24.0 Å². The Kier molecular flexibility index (Phi) is 8.62. The number of benzene rings is 3. The second-order valence-electron chi connectivity index (χ2n) is 6.12. The zero-order valence-corrected chi connectivity index (χ0v) is 16.4. The molecule has 0 aromatic heterocycles. The molecule has 0 amide bonds. The molecule has 1 unspecified atom stereocenters. The van der Waals surface area contributed by atoms with Gasteiger partial charge in [0.1, 0.15) is 12.4 Å². The van der Waals surface area contributed by atoms with Gasteiger partial charge in [-0.2, -0.15) is 0 Å². The molecule has 5 heteroatoms. The second-order valence-corrected chi connectivity index (χ2v) is 6.55. The Labute approximate surface area is 171 Å². The number of rotatable bonds is 8. The zero-order valence-electron chi connectivity index (χ0n) is 14.8. The van der Waals surface area contributed by atoms with Crippen molar-refractivity contribution in [2.75, 3.05) is 6.54 Å². The highest BCUT2D eigenvalue weighted by Gasteiger charge is 2.06. The first-order valence-corrected chi connectivity index (χ1v) is 8.98. The molecule has 0 spiro atoms. The van der Waals surface area contributed by atoms with E-state index < -0.39 is 6.10 Å². The van der Waals surface area contributed by atoms with Gasteiger partial charge in [-0.25, -0.2) is 0 Å². The van der Waals surface area contributed by atoms with Gasteiger partial charge in [0.05, 0.1) is 6.10 Å². The Hall–Kier alpha value is -2.04. The molecule has 142 valence electrons. The highest BCUT2D eigenvalue weighted by atomic mass is 35.5. The average Bonchev–Trinajstić information content (AvgIpc) is 2.69. The molecular weight excluding hydrogens is 381 g/mol. The maximum atomic E-state index is 10.1. The van der Waals surface area contributed by atoms with Gasteiger partial charge in [0.15, 0.2) is 0 Å². The molecule has 0 aliphatic rings. The Morgan fingerprint density at radius 2 is 1.48 bits per heavy atom. The third-order valence-electron chi connectivity index (χ3n) is 4.09. The Bertz CT molecular complexity index is 793. The standard InChI is InChI=1S/C22H22ClNO2.ClH/c23-20-10-6-18(7-11-20)16-26-21-12-8-17(9-13-21)14-24-15-22(25)19-4-2-1-3-5-19;/h1-13,22,24-25H,14-16H2;1H. The van der Waals surface area contributed by atoms with Gasteiger partial charge >= 0.3 is 0 Å². The topological polar surface area (TPSA) is 41.5 Å². The summed E-state index contributed by atoms with van der Waals surface area (Å²) in [6.45, 7) is 1.72. The van der Waals surface area contributed by atoms with Gasteiger partial charge in [-0.15, -0.1) is 12.4 Å². The number of nitrogens with one attached hydrogen (secondary N) is 1. The van der Waals surface area contributed by atoms with Crippen LogP contribution in [0.3, 0.4) is 0 Å². The monoisotopic (exact) mass is 403 g/mol. The molecule has 0 saturated heterocycles. The molecule has 1 atom stereocenters. The molecule has 3 rings (SSSR count). The highest BCUT2D eigenvalue weighted by molar-refractivity contribution is 6.30. The minimum atomic E-state index is -0.502. The van der Waals surface area contributed by atoms with Crippen LogP contribution in [0, 0.1) is 0 Å². The third-order valence-corrected chi connectivity index (χ3v) is 4.35. The van der Waals surface area contributed by atoms with Gasteiger partial charge in [-0.3, -0.25) is 0 Å². The zero-order chi connectivity index (χ0) is 18.2. The van der Waals surface area contributed by atoms with Crippen LogP contribution in [0.15, 0.2) is 78.9 Å². The van der Waals surface area contributed by atoms with Crippen LogP contribution in [0.2, 0.25) is 5.02 Å². The predicted molar refractivity (Wildman–Crippen MR) is 113 cm³/mol. The Balaban J connectivity index is 0.00000261. The molecule has 3 aromatic rings. The highest BCUT2D eigenvalue weighted by Crippen LogP contribution is 2.16. The summed E-state index contributed by atoms with van der Waals surface area (Å²) in [6.07, 6.45) is -0.502. The van der Waals surface area contributed by atoms with Crippen LogP contribution in [0.1, 0.15) is 22.8 Å². The summed E-state index contributed by atoms with van der Waals surface area (Å²) >= 11 is 5.88. The van der Waals surface area contributed by atoms with Gasteiger partial charge in [-0.05, 0) is 41.0 Å². The number of halogens is 2. The SMILES string of the molecule is Cl.OC(CNCc1ccc(OCc2ccc(Cl)cc2)cc1)c1ccccc1. The summed E-state index contributed by atoms with van der Waals surface area (Å²) in [5.41, 5.74) is 3.14. The number of aliphatic hydroxyl groups is 1. The minimum absolute atomic E-state index is 0. The minimum Gasteiger partial charge on any atom is -0.489 e. The molecule has 0 fully saturated rings. The number of ether oxygens (including phenoxy) is 1. The summed E-state index contributed by atoms with van der Waals surface area (Å²) in [5.74, 6) is 0.827. The van der Waals surface area contributed by atoms with Crippen molar-refractivity contribution in [2.45, 2.75) is 19.3 Å². The maximum Gasteiger partial charge on any atom is 0.119 e. The lowest BCUT2D eigenvalue weighted by Gasteiger charge is -2.12. The second kappa shape index (κ2) is 11.0. The van der Waals surface area contributed by atoms with E-state index in [1.165, 1.54) is 0 Å². The average molecular weight is 404 g/mol. The van der Waals surface area contributed by atoms with E-state index in [4.69, 9.17) is 16.3 Å². The lowest BCUT2D eigenvalue weighted by Crippen LogP contribution is -2.20. The number of hydrogen-bond donors (Lipinski definition) is 2. The first-order chi connectivity index (χ1) is 12.7. The molecule has 2 N–H and O–H groups in total. The summed E-state index contributed by atoms with van der Waals surface area (Å²) in [4.78, 5) is 0. The van der Waals surface area contributed by atoms with E-state index >= 15 is 0 Å². The first kappa shape index (κ1) is 21.3. The van der Waals surface area contributed by atoms with Crippen molar-refractivity contribution in [2.24, 2.45) is 0 Å². The van der Waals surface area contributed by atoms with Crippen molar-refractivity contribution in [3.05, 3.63) is 101 Å². The van der Waals surface area contributed by atoms with Crippen molar-refractivity contribution in [1.82, 2.24) is 5.32 Å². The first-order valence-electron chi connectivity index (χ1n) is 8.60. The fraction of sp³-hybridized carbons (Fsp3) is 0.182. The summed E-state index contributed by atoms with van der Waals surface area (Å²) in [5, 5.41) is 14.2. The van der Waals surface area contributed by atoms with Crippen LogP contribution in [-0.2, 0) is 13.2 Å². The van der Waals surface area contributed by atoms with Crippen LogP contribution in [0.25, 0.3) is 0 Å². The van der Waals surface area contributed by atoms with E-state index in [-0.39, 0.29) is 12.4 Å². The van der Waals surface area contributed by atoms with Crippen LogP contribution < -0.4 is 10.1 Å². The van der Waals surface area contributed by atoms with Gasteiger partial charge in [0.25, 0.3) is 0 Å². The van der Waals surface area contributed by atoms with Gasteiger partial charge in [0.2, 0.25) is 0 Å². The van der Waals surface area contributed by atoms with Gasteiger partial charge in [-0.1, -0.05) is 66.2 Å². The van der Waals surface area contributed by atoms with Crippen LogP contribution in [0.4, 0.5) is 0 Å². The van der Waals surface area contributed by atoms with Crippen LogP contribution in [0.5, 0.6) is 5.75 Å². The molecule has 27 heavy (non-hydrogen) atoms. The van der Waals surface area contributed by atoms with E-state index in [9.17, 15) is 5.11 Å². The molecule has 0 aliphatic heterocycles. The Morgan fingerprint density at radius 3 is 2.15 bits per heavy atom. The number of hydrogen-bond acceptors (Lipinski definition) is 3. The predicted octanol–water partition coefficient (Wildman–Crippen LogP) is 5.16. The fourth-order valence-electron chi connectivity index (χ4n) is 2.60. The summed E-state index contributed by atoms with van der Waals surface area (Å²) < 4.78 is 5.78. The number of aliphatic hydroxyl groups excluding tert-OH is 1. The summed E-state index contributed by atoms with van der Waals surface area (Å²) in [7, 11) is 0. The normalized spacial score (nSPS) is 11.5. The van der Waals surface area contributed by atoms with E-state index in [0.717, 1.165) is 27.5 Å². The van der Waals surface area contributed by atoms with E-state index in [1.54, 1.807) is 0 Å². The van der Waals surface area contributed by atoms with E-state index in [2.05, 4.69) is 5.32 Å². The lowest BCUT2D eigenvalue weighted by atomic mass is 10.1. The van der Waals surface area contributed by atoms with E-state index in [0.29, 0.717) is 19.7 Å². The molecule has 0 aliphatic carbocycles. The largest absolute Gasteiger partial charge is 0.489 e. The van der Waals surface area contributed by atoms with Crippen molar-refractivity contribution in [1.29, 1.82) is 0 Å². The van der Waals surface area contributed by atoms with Gasteiger partial charge in [0, 0.05) is 18.1 Å². The smallest absolute Gasteiger partial charge is 0.119 e.